The summed E-state index contributed by atoms with van der Waals surface area (Å²) in [6.45, 7) is 2.24. The van der Waals surface area contributed by atoms with Crippen LogP contribution in [0.3, 0.4) is 0 Å². The van der Waals surface area contributed by atoms with Crippen LogP contribution in [-0.2, 0) is 0 Å². The summed E-state index contributed by atoms with van der Waals surface area (Å²) >= 11 is 5.43. The molecule has 0 unspecified atom stereocenters. The molecule has 2 aliphatic rings. The molecule has 0 radical (unpaired) electrons. The molecule has 2 atom stereocenters. The van der Waals surface area contributed by atoms with Crippen molar-refractivity contribution in [3.8, 4) is 0 Å². The van der Waals surface area contributed by atoms with Crippen molar-refractivity contribution in [2.45, 2.75) is 23.3 Å². The average Bonchev–Trinajstić information content (AvgIpc) is 2.67. The number of halogens is 1. The van der Waals surface area contributed by atoms with E-state index in [0.29, 0.717) is 12.0 Å². The maximum Gasteiger partial charge on any atom is 0.0518 e. The number of hydrogen-bond donors (Lipinski definition) is 2. The Balaban J connectivity index is 2.07. The van der Waals surface area contributed by atoms with Gasteiger partial charge in [-0.2, -0.15) is 0 Å². The molecule has 1 aromatic rings. The summed E-state index contributed by atoms with van der Waals surface area (Å²) in [7, 11) is 0. The number of nitrogens with one attached hydrogen (secondary N) is 2. The van der Waals surface area contributed by atoms with E-state index in [1.165, 1.54) is 27.0 Å². The van der Waals surface area contributed by atoms with Crippen LogP contribution in [0.5, 0.6) is 0 Å². The Labute approximate surface area is 109 Å². The van der Waals surface area contributed by atoms with Crippen molar-refractivity contribution in [1.82, 2.24) is 5.32 Å². The molecule has 16 heavy (non-hydrogen) atoms. The molecular weight excluding hydrogens is 284 g/mol. The molecule has 0 spiro atoms. The van der Waals surface area contributed by atoms with Gasteiger partial charge in [-0.1, -0.05) is 15.9 Å². The summed E-state index contributed by atoms with van der Waals surface area (Å²) in [5.41, 5.74) is 2.85. The molecule has 2 N–H and O–H groups in total. The summed E-state index contributed by atoms with van der Waals surface area (Å²) in [4.78, 5) is 1.36. The number of piperidine rings is 1. The molecule has 2 aliphatic heterocycles. The van der Waals surface area contributed by atoms with Crippen LogP contribution >= 0.6 is 27.7 Å². The topological polar surface area (TPSA) is 24.1 Å². The minimum absolute atomic E-state index is 0.636. The highest BCUT2D eigenvalue weighted by molar-refractivity contribution is 9.10. The quantitative estimate of drug-likeness (QED) is 0.779. The molecule has 3 rings (SSSR count). The van der Waals surface area contributed by atoms with Crippen LogP contribution in [0.25, 0.3) is 0 Å². The lowest BCUT2D eigenvalue weighted by molar-refractivity contribution is 0.440. The van der Waals surface area contributed by atoms with Gasteiger partial charge in [0, 0.05) is 27.9 Å². The van der Waals surface area contributed by atoms with E-state index in [1.54, 1.807) is 0 Å². The van der Waals surface area contributed by atoms with E-state index >= 15 is 0 Å². The Morgan fingerprint density at radius 3 is 3.12 bits per heavy atom. The second-order valence-electron chi connectivity index (χ2n) is 4.42. The molecule has 0 saturated carbocycles. The minimum atomic E-state index is 0.636. The minimum Gasteiger partial charge on any atom is -0.380 e. The Bertz CT molecular complexity index is 422. The van der Waals surface area contributed by atoms with Crippen LogP contribution < -0.4 is 10.6 Å². The number of hydrogen-bond acceptors (Lipinski definition) is 3. The lowest BCUT2D eigenvalue weighted by atomic mass is 9.91. The van der Waals surface area contributed by atoms with E-state index in [4.69, 9.17) is 0 Å². The van der Waals surface area contributed by atoms with Gasteiger partial charge >= 0.3 is 0 Å². The van der Waals surface area contributed by atoms with Crippen molar-refractivity contribution in [3.05, 3.63) is 22.2 Å². The van der Waals surface area contributed by atoms with Crippen molar-refractivity contribution in [2.24, 2.45) is 0 Å². The molecule has 0 amide bonds. The normalized spacial score (nSPS) is 27.1. The smallest absolute Gasteiger partial charge is 0.0518 e. The van der Waals surface area contributed by atoms with Crippen LogP contribution in [0.1, 0.15) is 17.9 Å². The second kappa shape index (κ2) is 4.24. The van der Waals surface area contributed by atoms with Gasteiger partial charge in [0.15, 0.2) is 0 Å². The zero-order valence-corrected chi connectivity index (χ0v) is 11.6. The van der Waals surface area contributed by atoms with Crippen LogP contribution in [0, 0.1) is 0 Å². The van der Waals surface area contributed by atoms with Crippen molar-refractivity contribution >= 4 is 33.4 Å². The third kappa shape index (κ3) is 1.67. The molecule has 0 aliphatic carbocycles. The van der Waals surface area contributed by atoms with Gasteiger partial charge in [-0.25, -0.2) is 0 Å². The van der Waals surface area contributed by atoms with E-state index < -0.39 is 0 Å². The lowest BCUT2D eigenvalue weighted by Gasteiger charge is -2.26. The van der Waals surface area contributed by atoms with Gasteiger partial charge in [-0.3, -0.25) is 0 Å². The van der Waals surface area contributed by atoms with Gasteiger partial charge in [0.05, 0.1) is 5.69 Å². The Morgan fingerprint density at radius 1 is 1.44 bits per heavy atom. The van der Waals surface area contributed by atoms with Gasteiger partial charge in [-0.05, 0) is 36.9 Å². The molecule has 1 fully saturated rings. The van der Waals surface area contributed by atoms with Crippen LogP contribution in [0.2, 0.25) is 0 Å². The maximum atomic E-state index is 3.70. The van der Waals surface area contributed by atoms with Crippen molar-refractivity contribution in [2.75, 3.05) is 24.7 Å². The Kier molecular flexibility index (Phi) is 2.90. The van der Waals surface area contributed by atoms with E-state index in [0.717, 1.165) is 13.1 Å². The number of rotatable bonds is 1. The lowest BCUT2D eigenvalue weighted by Crippen LogP contribution is -2.38. The molecular formula is C12H15BrN2S. The fraction of sp³-hybridized carbons (Fsp3) is 0.500. The van der Waals surface area contributed by atoms with Gasteiger partial charge in [-0.15, -0.1) is 11.8 Å². The Hall–Kier alpha value is -0.190. The van der Waals surface area contributed by atoms with E-state index in [9.17, 15) is 0 Å². The monoisotopic (exact) mass is 298 g/mol. The van der Waals surface area contributed by atoms with E-state index in [1.807, 2.05) is 11.8 Å². The predicted molar refractivity (Wildman–Crippen MR) is 73.6 cm³/mol. The molecule has 4 heteroatoms. The van der Waals surface area contributed by atoms with Crippen LogP contribution in [0.4, 0.5) is 5.69 Å². The summed E-state index contributed by atoms with van der Waals surface area (Å²) in [6, 6.07) is 5.12. The molecule has 2 nitrogen and oxygen atoms in total. The second-order valence-corrected chi connectivity index (χ2v) is 6.19. The highest BCUT2D eigenvalue weighted by Crippen LogP contribution is 2.44. The standard InChI is InChI=1S/C12H15BrN2S/c1-16-11-5-7(13)4-8-9-6-14-3-2-10(9)15-12(8)11/h4-5,9-10,14-15H,2-3,6H2,1H3/t9-,10-/m0/s1. The van der Waals surface area contributed by atoms with Crippen molar-refractivity contribution in [3.63, 3.8) is 0 Å². The predicted octanol–water partition coefficient (Wildman–Crippen LogP) is 3.04. The highest BCUT2D eigenvalue weighted by atomic mass is 79.9. The van der Waals surface area contributed by atoms with Gasteiger partial charge in [0.1, 0.15) is 0 Å². The van der Waals surface area contributed by atoms with E-state index in [-0.39, 0.29) is 0 Å². The van der Waals surface area contributed by atoms with Crippen molar-refractivity contribution < 1.29 is 0 Å². The fourth-order valence-electron chi connectivity index (χ4n) is 2.75. The summed E-state index contributed by atoms with van der Waals surface area (Å²) in [5.74, 6) is 0.646. The molecule has 1 saturated heterocycles. The Morgan fingerprint density at radius 2 is 2.31 bits per heavy atom. The first kappa shape index (κ1) is 10.9. The average molecular weight is 299 g/mol. The van der Waals surface area contributed by atoms with Gasteiger partial charge in [0.25, 0.3) is 0 Å². The molecule has 1 aromatic carbocycles. The third-order valence-corrected chi connectivity index (χ3v) is 4.75. The zero-order valence-electron chi connectivity index (χ0n) is 9.22. The van der Waals surface area contributed by atoms with Gasteiger partial charge in [0.2, 0.25) is 0 Å². The number of anilines is 1. The largest absolute Gasteiger partial charge is 0.380 e. The SMILES string of the molecule is CSc1cc(Br)cc2c1N[C@H]1CCNC[C@@H]21. The number of benzene rings is 1. The molecule has 0 bridgehead atoms. The zero-order chi connectivity index (χ0) is 11.1. The molecule has 0 aromatic heterocycles. The van der Waals surface area contributed by atoms with Crippen LogP contribution in [-0.4, -0.2) is 25.4 Å². The summed E-state index contributed by atoms with van der Waals surface area (Å²) < 4.78 is 1.20. The first-order valence-electron chi connectivity index (χ1n) is 5.64. The summed E-state index contributed by atoms with van der Waals surface area (Å²) in [5, 5.41) is 7.19. The van der Waals surface area contributed by atoms with E-state index in [2.05, 4.69) is 45.0 Å². The highest BCUT2D eigenvalue weighted by Gasteiger charge is 2.35. The summed E-state index contributed by atoms with van der Waals surface area (Å²) in [6.07, 6.45) is 3.37. The first-order valence-corrected chi connectivity index (χ1v) is 7.66. The first-order chi connectivity index (χ1) is 7.79. The van der Waals surface area contributed by atoms with Gasteiger partial charge < -0.3 is 10.6 Å². The third-order valence-electron chi connectivity index (χ3n) is 3.53. The van der Waals surface area contributed by atoms with Crippen LogP contribution in [0.15, 0.2) is 21.5 Å². The number of thioether (sulfide) groups is 1. The maximum absolute atomic E-state index is 3.70. The fourth-order valence-corrected chi connectivity index (χ4v) is 4.01. The van der Waals surface area contributed by atoms with Crippen molar-refractivity contribution in [1.29, 1.82) is 0 Å². The number of fused-ring (bicyclic) bond motifs is 3. The molecule has 2 heterocycles. The molecule has 86 valence electrons.